The van der Waals surface area contributed by atoms with Crippen molar-refractivity contribution in [3.05, 3.63) is 36.2 Å². The molecule has 0 aromatic carbocycles. The number of rotatable bonds is 4. The van der Waals surface area contributed by atoms with Crippen LogP contribution in [0.2, 0.25) is 0 Å². The van der Waals surface area contributed by atoms with E-state index in [0.29, 0.717) is 0 Å². The number of aryl methyl sites for hydroxylation is 2. The quantitative estimate of drug-likeness (QED) is 0.788. The van der Waals surface area contributed by atoms with Crippen LogP contribution in [0.5, 0.6) is 0 Å². The predicted octanol–water partition coefficient (Wildman–Crippen LogP) is 0.443. The summed E-state index contributed by atoms with van der Waals surface area (Å²) < 4.78 is 4.02. The smallest absolute Gasteiger partial charge is 0.146 e. The highest BCUT2D eigenvalue weighted by Crippen LogP contribution is 1.99. The molecule has 2 rings (SSSR count). The third-order valence-corrected chi connectivity index (χ3v) is 2.45. The van der Waals surface area contributed by atoms with Gasteiger partial charge in [0.25, 0.3) is 0 Å². The highest BCUT2D eigenvalue weighted by Gasteiger charge is 2.00. The highest BCUT2D eigenvalue weighted by atomic mass is 15.3. The summed E-state index contributed by atoms with van der Waals surface area (Å²) in [5.74, 6) is 0.948. The number of nitrogens with one attached hydrogen (secondary N) is 1. The van der Waals surface area contributed by atoms with Crippen molar-refractivity contribution in [2.75, 3.05) is 0 Å². The molecule has 0 saturated heterocycles. The lowest BCUT2D eigenvalue weighted by Crippen LogP contribution is -2.17. The molecule has 0 aliphatic heterocycles. The summed E-state index contributed by atoms with van der Waals surface area (Å²) in [5.41, 5.74) is 1.26. The van der Waals surface area contributed by atoms with Crippen LogP contribution in [-0.2, 0) is 27.2 Å². The van der Waals surface area contributed by atoms with E-state index in [1.807, 2.05) is 30.9 Å². The van der Waals surface area contributed by atoms with Crippen LogP contribution in [0.1, 0.15) is 11.5 Å². The van der Waals surface area contributed by atoms with Gasteiger partial charge in [0, 0.05) is 32.5 Å². The second kappa shape index (κ2) is 4.27. The normalized spacial score (nSPS) is 10.8. The lowest BCUT2D eigenvalue weighted by atomic mass is 10.4. The number of hydrogen-bond donors (Lipinski definition) is 1. The average Bonchev–Trinajstić information content (AvgIpc) is 2.78. The van der Waals surface area contributed by atoms with Gasteiger partial charge in [-0.15, -0.1) is 10.2 Å². The molecule has 2 aromatic heterocycles. The Balaban J connectivity index is 1.86. The minimum atomic E-state index is 0.738. The molecule has 2 aromatic rings. The van der Waals surface area contributed by atoms with E-state index in [1.54, 1.807) is 6.33 Å². The van der Waals surface area contributed by atoms with Gasteiger partial charge >= 0.3 is 0 Å². The maximum Gasteiger partial charge on any atom is 0.146 e. The van der Waals surface area contributed by atoms with Crippen molar-refractivity contribution in [3.63, 3.8) is 0 Å². The molecule has 0 radical (unpaired) electrons. The summed E-state index contributed by atoms with van der Waals surface area (Å²) in [6.45, 7) is 1.58. The van der Waals surface area contributed by atoms with E-state index in [0.717, 1.165) is 18.9 Å². The summed E-state index contributed by atoms with van der Waals surface area (Å²) >= 11 is 0. The van der Waals surface area contributed by atoms with Crippen LogP contribution >= 0.6 is 0 Å². The van der Waals surface area contributed by atoms with Gasteiger partial charge in [0.1, 0.15) is 12.2 Å². The van der Waals surface area contributed by atoms with Crippen LogP contribution in [0.4, 0.5) is 0 Å². The average molecular weight is 205 g/mol. The Morgan fingerprint density at radius 1 is 1.27 bits per heavy atom. The van der Waals surface area contributed by atoms with E-state index in [-0.39, 0.29) is 0 Å². The van der Waals surface area contributed by atoms with E-state index in [4.69, 9.17) is 0 Å². The lowest BCUT2D eigenvalue weighted by molar-refractivity contribution is 0.615. The first-order valence-electron chi connectivity index (χ1n) is 4.91. The van der Waals surface area contributed by atoms with E-state index in [1.165, 1.54) is 5.69 Å². The number of hydrogen-bond acceptors (Lipinski definition) is 3. The maximum atomic E-state index is 4.00. The van der Waals surface area contributed by atoms with Gasteiger partial charge in [-0.1, -0.05) is 0 Å². The molecule has 0 amide bonds. The number of nitrogens with zero attached hydrogens (tertiary/aromatic N) is 4. The first-order valence-corrected chi connectivity index (χ1v) is 4.91. The predicted molar refractivity (Wildman–Crippen MR) is 57.0 cm³/mol. The highest BCUT2D eigenvalue weighted by molar-refractivity contribution is 5.06. The van der Waals surface area contributed by atoms with Crippen LogP contribution in [0.25, 0.3) is 0 Å². The molecule has 2 heterocycles. The summed E-state index contributed by atoms with van der Waals surface area (Å²) in [4.78, 5) is 0. The van der Waals surface area contributed by atoms with Gasteiger partial charge in [-0.25, -0.2) is 0 Å². The Labute approximate surface area is 88.7 Å². The molecular formula is C10H15N5. The van der Waals surface area contributed by atoms with Crippen LogP contribution in [-0.4, -0.2) is 19.3 Å². The fraction of sp³-hybridized carbons (Fsp3) is 0.400. The molecule has 15 heavy (non-hydrogen) atoms. The van der Waals surface area contributed by atoms with Gasteiger partial charge in [0.2, 0.25) is 0 Å². The molecule has 80 valence electrons. The summed E-state index contributed by atoms with van der Waals surface area (Å²) in [6.07, 6.45) is 3.75. The first-order chi connectivity index (χ1) is 7.27. The zero-order chi connectivity index (χ0) is 10.7. The van der Waals surface area contributed by atoms with Crippen molar-refractivity contribution < 1.29 is 0 Å². The van der Waals surface area contributed by atoms with Crippen molar-refractivity contribution in [3.8, 4) is 0 Å². The minimum absolute atomic E-state index is 0.738. The fourth-order valence-corrected chi connectivity index (χ4v) is 1.45. The van der Waals surface area contributed by atoms with Crippen molar-refractivity contribution >= 4 is 0 Å². The largest absolute Gasteiger partial charge is 0.353 e. The molecule has 5 nitrogen and oxygen atoms in total. The monoisotopic (exact) mass is 205 g/mol. The van der Waals surface area contributed by atoms with Gasteiger partial charge in [-0.2, -0.15) is 0 Å². The summed E-state index contributed by atoms with van der Waals surface area (Å²) in [7, 11) is 3.98. The zero-order valence-electron chi connectivity index (χ0n) is 9.01. The van der Waals surface area contributed by atoms with Gasteiger partial charge in [0.15, 0.2) is 0 Å². The molecule has 0 aliphatic rings. The lowest BCUT2D eigenvalue weighted by Gasteiger charge is -2.05. The van der Waals surface area contributed by atoms with Gasteiger partial charge in [-0.05, 0) is 12.1 Å². The summed E-state index contributed by atoms with van der Waals surface area (Å²) in [5, 5.41) is 11.2. The van der Waals surface area contributed by atoms with E-state index in [9.17, 15) is 0 Å². The summed E-state index contributed by atoms with van der Waals surface area (Å²) in [6, 6.07) is 4.14. The van der Waals surface area contributed by atoms with E-state index < -0.39 is 0 Å². The van der Waals surface area contributed by atoms with Crippen molar-refractivity contribution in [1.82, 2.24) is 24.6 Å². The fourth-order valence-electron chi connectivity index (χ4n) is 1.45. The Morgan fingerprint density at radius 3 is 2.73 bits per heavy atom. The molecule has 1 N–H and O–H groups in total. The topological polar surface area (TPSA) is 47.7 Å². The van der Waals surface area contributed by atoms with Gasteiger partial charge in [0.05, 0.1) is 6.54 Å². The van der Waals surface area contributed by atoms with Crippen molar-refractivity contribution in [2.45, 2.75) is 13.1 Å². The molecule has 0 aliphatic carbocycles. The number of aromatic nitrogens is 4. The Bertz CT molecular complexity index is 388. The third kappa shape index (κ3) is 2.24. The van der Waals surface area contributed by atoms with E-state index >= 15 is 0 Å². The van der Waals surface area contributed by atoms with Crippen molar-refractivity contribution in [1.29, 1.82) is 0 Å². The molecule has 0 bridgehead atoms. The van der Waals surface area contributed by atoms with Crippen LogP contribution in [0.15, 0.2) is 24.7 Å². The maximum absolute atomic E-state index is 4.00. The van der Waals surface area contributed by atoms with Crippen LogP contribution in [0.3, 0.4) is 0 Å². The zero-order valence-corrected chi connectivity index (χ0v) is 9.01. The van der Waals surface area contributed by atoms with Gasteiger partial charge in [-0.3, -0.25) is 0 Å². The van der Waals surface area contributed by atoms with Crippen LogP contribution < -0.4 is 5.32 Å². The van der Waals surface area contributed by atoms with Crippen LogP contribution in [0, 0.1) is 0 Å². The molecule has 5 heteroatoms. The Kier molecular flexibility index (Phi) is 2.82. The molecule has 0 unspecified atom stereocenters. The Hall–Kier alpha value is -1.62. The second-order valence-corrected chi connectivity index (χ2v) is 3.57. The molecule has 0 atom stereocenters. The first kappa shape index (κ1) is 9.92. The third-order valence-electron chi connectivity index (χ3n) is 2.45. The molecule has 0 saturated carbocycles. The second-order valence-electron chi connectivity index (χ2n) is 3.57. The van der Waals surface area contributed by atoms with E-state index in [2.05, 4.69) is 26.1 Å². The van der Waals surface area contributed by atoms with Gasteiger partial charge < -0.3 is 14.5 Å². The molecular weight excluding hydrogens is 190 g/mol. The molecule has 0 spiro atoms. The minimum Gasteiger partial charge on any atom is -0.353 e. The standard InChI is InChI=1S/C10H15N5/c1-14-5-3-4-9(14)6-11-7-10-13-12-8-15(10)2/h3-5,8,11H,6-7H2,1-2H3. The SMILES string of the molecule is Cn1cccc1CNCc1nncn1C. The molecule has 0 fully saturated rings. The van der Waals surface area contributed by atoms with Crippen molar-refractivity contribution in [2.24, 2.45) is 14.1 Å². The Morgan fingerprint density at radius 2 is 2.13 bits per heavy atom.